The van der Waals surface area contributed by atoms with Gasteiger partial charge in [0.15, 0.2) is 0 Å². The quantitative estimate of drug-likeness (QED) is 0.602. The van der Waals surface area contributed by atoms with Gasteiger partial charge >= 0.3 is 12.2 Å². The third-order valence-corrected chi connectivity index (χ3v) is 3.27. The highest BCUT2D eigenvalue weighted by Crippen LogP contribution is 2.35. The van der Waals surface area contributed by atoms with Crippen LogP contribution in [0.25, 0.3) is 0 Å². The summed E-state index contributed by atoms with van der Waals surface area (Å²) in [5.41, 5.74) is -2.82. The summed E-state index contributed by atoms with van der Waals surface area (Å²) in [5, 5.41) is 1.69. The van der Waals surface area contributed by atoms with Gasteiger partial charge in [0.05, 0.1) is 0 Å². The van der Waals surface area contributed by atoms with Crippen LogP contribution >= 0.6 is 12.6 Å². The molecule has 4 nitrogen and oxygen atoms in total. The zero-order valence-corrected chi connectivity index (χ0v) is 10.2. The smallest absolute Gasteiger partial charge is 0.316 e. The number of halogens is 3. The van der Waals surface area contributed by atoms with E-state index in [-0.39, 0.29) is 12.5 Å². The number of hydrogen-bond donors (Lipinski definition) is 2. The Labute approximate surface area is 102 Å². The van der Waals surface area contributed by atoms with Crippen LogP contribution in [0.15, 0.2) is 0 Å². The van der Waals surface area contributed by atoms with Gasteiger partial charge < -0.3 is 5.32 Å². The lowest BCUT2D eigenvalue weighted by atomic mass is 10.0. The fourth-order valence-electron chi connectivity index (χ4n) is 1.42. The van der Waals surface area contributed by atoms with Crippen molar-refractivity contribution in [3.8, 4) is 0 Å². The molecule has 0 aromatic heterocycles. The molecule has 0 bridgehead atoms. The summed E-state index contributed by atoms with van der Waals surface area (Å²) in [5.74, 6) is -1.05. The first-order valence-electron chi connectivity index (χ1n) is 4.95. The highest BCUT2D eigenvalue weighted by molar-refractivity contribution is 7.80. The van der Waals surface area contributed by atoms with Crippen molar-refractivity contribution < 1.29 is 22.8 Å². The Morgan fingerprint density at radius 2 is 2.00 bits per heavy atom. The molecule has 0 aromatic carbocycles. The summed E-state index contributed by atoms with van der Waals surface area (Å²) >= 11 is 3.96. The molecule has 1 aliphatic rings. The Hall–Kier alpha value is -0.920. The standard InChI is InChI=1S/C9H13F3N2O2S/c1-5(4-17)3-14-6(15)8(2,9(10,11)12)13-7(14)16/h5,17H,3-4H2,1-2H3,(H,13,16). The Bertz CT molecular complexity index is 348. The van der Waals surface area contributed by atoms with Crippen molar-refractivity contribution >= 4 is 24.6 Å². The number of amides is 3. The molecule has 17 heavy (non-hydrogen) atoms. The summed E-state index contributed by atoms with van der Waals surface area (Å²) in [6, 6.07) is -1.01. The molecule has 2 unspecified atom stereocenters. The summed E-state index contributed by atoms with van der Waals surface area (Å²) in [6.45, 7) is 2.29. The third kappa shape index (κ3) is 2.36. The first-order chi connectivity index (χ1) is 7.63. The highest BCUT2D eigenvalue weighted by atomic mass is 32.1. The molecule has 3 amide bonds. The average Bonchev–Trinajstić information content (AvgIpc) is 2.42. The molecule has 1 saturated heterocycles. The van der Waals surface area contributed by atoms with E-state index in [1.165, 1.54) is 0 Å². The third-order valence-electron chi connectivity index (χ3n) is 2.65. The van der Waals surface area contributed by atoms with Crippen molar-refractivity contribution in [1.82, 2.24) is 10.2 Å². The molecular weight excluding hydrogens is 257 g/mol. The lowest BCUT2D eigenvalue weighted by Gasteiger charge is -2.24. The molecule has 1 fully saturated rings. The normalized spacial score (nSPS) is 27.3. The van der Waals surface area contributed by atoms with Gasteiger partial charge in [-0.1, -0.05) is 6.92 Å². The van der Waals surface area contributed by atoms with Crippen LogP contribution in [0.4, 0.5) is 18.0 Å². The van der Waals surface area contributed by atoms with Crippen molar-refractivity contribution in [1.29, 1.82) is 0 Å². The molecule has 1 heterocycles. The number of thiol groups is 1. The first kappa shape index (κ1) is 14.1. The van der Waals surface area contributed by atoms with E-state index in [0.717, 1.165) is 0 Å². The lowest BCUT2D eigenvalue weighted by Crippen LogP contribution is -2.56. The number of imide groups is 1. The van der Waals surface area contributed by atoms with Gasteiger partial charge in [-0.25, -0.2) is 4.79 Å². The highest BCUT2D eigenvalue weighted by Gasteiger charge is 2.64. The van der Waals surface area contributed by atoms with E-state index < -0.39 is 23.7 Å². The number of urea groups is 1. The number of rotatable bonds is 3. The molecule has 8 heteroatoms. The topological polar surface area (TPSA) is 49.4 Å². The van der Waals surface area contributed by atoms with Crippen LogP contribution in [0.2, 0.25) is 0 Å². The van der Waals surface area contributed by atoms with E-state index in [2.05, 4.69) is 12.6 Å². The molecular formula is C9H13F3N2O2S. The first-order valence-corrected chi connectivity index (χ1v) is 5.58. The Balaban J connectivity index is 2.93. The van der Waals surface area contributed by atoms with Gasteiger partial charge in [-0.3, -0.25) is 9.69 Å². The fraction of sp³-hybridized carbons (Fsp3) is 0.778. The fourth-order valence-corrected chi connectivity index (χ4v) is 1.54. The Morgan fingerprint density at radius 3 is 2.35 bits per heavy atom. The van der Waals surface area contributed by atoms with E-state index in [4.69, 9.17) is 0 Å². The maximum absolute atomic E-state index is 12.7. The Morgan fingerprint density at radius 1 is 1.47 bits per heavy atom. The second kappa shape index (κ2) is 4.40. The van der Waals surface area contributed by atoms with Gasteiger partial charge in [0, 0.05) is 6.54 Å². The maximum atomic E-state index is 12.7. The van der Waals surface area contributed by atoms with Crippen LogP contribution < -0.4 is 5.32 Å². The van der Waals surface area contributed by atoms with Crippen LogP contribution in [0.5, 0.6) is 0 Å². The van der Waals surface area contributed by atoms with E-state index in [0.29, 0.717) is 17.6 Å². The predicted octanol–water partition coefficient (Wildman–Crippen LogP) is 1.43. The number of carbonyl (C=O) groups excluding carboxylic acids is 2. The van der Waals surface area contributed by atoms with Crippen molar-refractivity contribution in [2.45, 2.75) is 25.6 Å². The molecule has 0 aromatic rings. The van der Waals surface area contributed by atoms with Gasteiger partial charge in [-0.2, -0.15) is 25.8 Å². The van der Waals surface area contributed by atoms with Gasteiger partial charge in [-0.15, -0.1) is 0 Å². The van der Waals surface area contributed by atoms with E-state index in [9.17, 15) is 22.8 Å². The second-order valence-corrected chi connectivity index (χ2v) is 4.62. The lowest BCUT2D eigenvalue weighted by molar-refractivity contribution is -0.191. The van der Waals surface area contributed by atoms with E-state index in [1.54, 1.807) is 12.2 Å². The number of hydrogen-bond acceptors (Lipinski definition) is 3. The minimum atomic E-state index is -4.81. The number of nitrogens with one attached hydrogen (secondary N) is 1. The number of nitrogens with zero attached hydrogens (tertiary/aromatic N) is 1. The van der Waals surface area contributed by atoms with Crippen LogP contribution in [-0.4, -0.2) is 40.9 Å². The molecule has 2 atom stereocenters. The number of alkyl halides is 3. The van der Waals surface area contributed by atoms with Crippen molar-refractivity contribution in [3.05, 3.63) is 0 Å². The molecule has 0 radical (unpaired) electrons. The predicted molar refractivity (Wildman–Crippen MR) is 57.7 cm³/mol. The van der Waals surface area contributed by atoms with E-state index in [1.807, 2.05) is 0 Å². The maximum Gasteiger partial charge on any atom is 0.420 e. The summed E-state index contributed by atoms with van der Waals surface area (Å²) < 4.78 is 38.1. The second-order valence-electron chi connectivity index (χ2n) is 4.26. The van der Waals surface area contributed by atoms with Crippen LogP contribution in [-0.2, 0) is 4.79 Å². The Kier molecular flexibility index (Phi) is 3.66. The minimum absolute atomic E-state index is 0.0696. The largest absolute Gasteiger partial charge is 0.420 e. The SMILES string of the molecule is CC(CS)CN1C(=O)NC(C)(C(F)(F)F)C1=O. The van der Waals surface area contributed by atoms with Crippen molar-refractivity contribution in [2.24, 2.45) is 5.92 Å². The van der Waals surface area contributed by atoms with Gasteiger partial charge in [-0.05, 0) is 18.6 Å². The zero-order chi connectivity index (χ0) is 13.4. The van der Waals surface area contributed by atoms with E-state index >= 15 is 0 Å². The average molecular weight is 270 g/mol. The molecule has 0 aliphatic carbocycles. The molecule has 0 saturated carbocycles. The number of carbonyl (C=O) groups is 2. The van der Waals surface area contributed by atoms with Crippen LogP contribution in [0.1, 0.15) is 13.8 Å². The molecule has 98 valence electrons. The van der Waals surface area contributed by atoms with Crippen molar-refractivity contribution in [3.63, 3.8) is 0 Å². The molecule has 1 aliphatic heterocycles. The summed E-state index contributed by atoms with van der Waals surface area (Å²) in [4.78, 5) is 23.6. The monoisotopic (exact) mass is 270 g/mol. The van der Waals surface area contributed by atoms with Crippen molar-refractivity contribution in [2.75, 3.05) is 12.3 Å². The van der Waals surface area contributed by atoms with Crippen LogP contribution in [0.3, 0.4) is 0 Å². The molecule has 0 spiro atoms. The molecule has 1 N–H and O–H groups in total. The minimum Gasteiger partial charge on any atom is -0.316 e. The summed E-state index contributed by atoms with van der Waals surface area (Å²) in [6.07, 6.45) is -4.81. The van der Waals surface area contributed by atoms with Crippen LogP contribution in [0, 0.1) is 5.92 Å². The van der Waals surface area contributed by atoms with Gasteiger partial charge in [0.25, 0.3) is 5.91 Å². The van der Waals surface area contributed by atoms with Gasteiger partial charge in [0.2, 0.25) is 5.54 Å². The zero-order valence-electron chi connectivity index (χ0n) is 9.34. The van der Waals surface area contributed by atoms with Gasteiger partial charge in [0.1, 0.15) is 0 Å². The summed E-state index contributed by atoms with van der Waals surface area (Å²) in [7, 11) is 0. The molecule has 1 rings (SSSR count).